The molecule has 0 aliphatic heterocycles. The lowest BCUT2D eigenvalue weighted by molar-refractivity contribution is 0.305. The molecule has 0 radical (unpaired) electrons. The molecule has 20 heavy (non-hydrogen) atoms. The number of ether oxygens (including phenoxy) is 1. The van der Waals surface area contributed by atoms with Gasteiger partial charge in [0.1, 0.15) is 17.4 Å². The molecule has 0 spiro atoms. The van der Waals surface area contributed by atoms with Gasteiger partial charge in [0, 0.05) is 11.4 Å². The lowest BCUT2D eigenvalue weighted by Crippen LogP contribution is -2.11. The van der Waals surface area contributed by atoms with Crippen molar-refractivity contribution >= 4 is 11.3 Å². The Kier molecular flexibility index (Phi) is 5.56. The Hall–Kier alpha value is -1.39. The second-order valence-electron chi connectivity index (χ2n) is 4.72. The summed E-state index contributed by atoms with van der Waals surface area (Å²) in [5.41, 5.74) is 2.41. The van der Waals surface area contributed by atoms with Crippen LogP contribution in [0.3, 0.4) is 0 Å². The van der Waals surface area contributed by atoms with Gasteiger partial charge in [-0.25, -0.2) is 4.98 Å². The molecule has 0 aliphatic carbocycles. The van der Waals surface area contributed by atoms with Gasteiger partial charge in [-0.3, -0.25) is 0 Å². The summed E-state index contributed by atoms with van der Waals surface area (Å²) in [5, 5.41) is 4.42. The molecule has 0 aliphatic rings. The summed E-state index contributed by atoms with van der Waals surface area (Å²) < 4.78 is 5.82. The van der Waals surface area contributed by atoms with Gasteiger partial charge < -0.3 is 10.1 Å². The molecule has 2 aromatic rings. The Labute approximate surface area is 125 Å². The van der Waals surface area contributed by atoms with Gasteiger partial charge in [-0.2, -0.15) is 0 Å². The van der Waals surface area contributed by atoms with Crippen LogP contribution in [0, 0.1) is 6.92 Å². The zero-order valence-corrected chi connectivity index (χ0v) is 13.2. The Balaban J connectivity index is 2.00. The molecule has 0 bridgehead atoms. The van der Waals surface area contributed by atoms with Crippen molar-refractivity contribution in [3.8, 4) is 5.75 Å². The molecular formula is C16H22N2OS. The van der Waals surface area contributed by atoms with E-state index < -0.39 is 0 Å². The minimum atomic E-state index is 0.549. The van der Waals surface area contributed by atoms with Gasteiger partial charge in [-0.15, -0.1) is 11.3 Å². The van der Waals surface area contributed by atoms with E-state index >= 15 is 0 Å². The number of aromatic nitrogens is 1. The van der Waals surface area contributed by atoms with Crippen molar-refractivity contribution in [3.05, 3.63) is 45.4 Å². The van der Waals surface area contributed by atoms with E-state index in [4.69, 9.17) is 4.74 Å². The summed E-state index contributed by atoms with van der Waals surface area (Å²) in [4.78, 5) is 6.00. The van der Waals surface area contributed by atoms with Crippen LogP contribution in [0.15, 0.2) is 24.3 Å². The first-order chi connectivity index (χ1) is 9.72. The maximum atomic E-state index is 5.82. The summed E-state index contributed by atoms with van der Waals surface area (Å²) in [5.74, 6) is 0.909. The number of thiazole rings is 1. The summed E-state index contributed by atoms with van der Waals surface area (Å²) in [7, 11) is 0. The van der Waals surface area contributed by atoms with Crippen molar-refractivity contribution in [2.24, 2.45) is 0 Å². The van der Waals surface area contributed by atoms with Crippen LogP contribution in [0.4, 0.5) is 0 Å². The molecule has 108 valence electrons. The molecule has 0 amide bonds. The standard InChI is InChI=1S/C16H22N2OS/c1-4-14-15(10-17-5-2)20-16(18-14)11-19-13-8-6-7-12(3)9-13/h6-9,17H,4-5,10-11H2,1-3H3. The second kappa shape index (κ2) is 7.41. The van der Waals surface area contributed by atoms with Gasteiger partial charge in [-0.05, 0) is 37.6 Å². The second-order valence-corrected chi connectivity index (χ2v) is 5.88. The lowest BCUT2D eigenvalue weighted by atomic mass is 10.2. The average molecular weight is 290 g/mol. The number of hydrogen-bond donors (Lipinski definition) is 1. The van der Waals surface area contributed by atoms with Crippen molar-refractivity contribution in [1.82, 2.24) is 10.3 Å². The number of nitrogens with zero attached hydrogens (tertiary/aromatic N) is 1. The van der Waals surface area contributed by atoms with E-state index in [-0.39, 0.29) is 0 Å². The van der Waals surface area contributed by atoms with E-state index in [0.29, 0.717) is 6.61 Å². The number of aryl methyl sites for hydroxylation is 2. The van der Waals surface area contributed by atoms with E-state index in [0.717, 1.165) is 30.3 Å². The first-order valence-corrected chi connectivity index (χ1v) is 7.92. The zero-order valence-electron chi connectivity index (χ0n) is 12.4. The van der Waals surface area contributed by atoms with E-state index in [1.54, 1.807) is 11.3 Å². The highest BCUT2D eigenvalue weighted by Crippen LogP contribution is 2.21. The molecule has 4 heteroatoms. The number of nitrogens with one attached hydrogen (secondary N) is 1. The predicted octanol–water partition coefficient (Wildman–Crippen LogP) is 3.70. The summed E-state index contributed by atoms with van der Waals surface area (Å²) in [6, 6.07) is 8.12. The molecule has 1 aromatic carbocycles. The van der Waals surface area contributed by atoms with Crippen LogP contribution < -0.4 is 10.1 Å². The number of benzene rings is 1. The molecule has 1 aromatic heterocycles. The molecule has 3 nitrogen and oxygen atoms in total. The summed E-state index contributed by atoms with van der Waals surface area (Å²) >= 11 is 1.75. The van der Waals surface area contributed by atoms with Gasteiger partial charge in [0.25, 0.3) is 0 Å². The minimum Gasteiger partial charge on any atom is -0.486 e. The zero-order chi connectivity index (χ0) is 14.4. The maximum absolute atomic E-state index is 5.82. The molecule has 1 heterocycles. The third-order valence-electron chi connectivity index (χ3n) is 3.04. The summed E-state index contributed by atoms with van der Waals surface area (Å²) in [6.45, 7) is 8.77. The Bertz CT molecular complexity index is 551. The maximum Gasteiger partial charge on any atom is 0.140 e. The smallest absolute Gasteiger partial charge is 0.140 e. The van der Waals surface area contributed by atoms with Crippen LogP contribution in [0.5, 0.6) is 5.75 Å². The van der Waals surface area contributed by atoms with Crippen molar-refractivity contribution in [2.75, 3.05) is 6.54 Å². The Morgan fingerprint density at radius 2 is 2.15 bits per heavy atom. The summed E-state index contributed by atoms with van der Waals surface area (Å²) in [6.07, 6.45) is 0.974. The fourth-order valence-electron chi connectivity index (χ4n) is 2.00. The van der Waals surface area contributed by atoms with Crippen molar-refractivity contribution < 1.29 is 4.74 Å². The largest absolute Gasteiger partial charge is 0.486 e. The van der Waals surface area contributed by atoms with Crippen molar-refractivity contribution in [1.29, 1.82) is 0 Å². The molecule has 2 rings (SSSR count). The van der Waals surface area contributed by atoms with Crippen LogP contribution in [0.2, 0.25) is 0 Å². The average Bonchev–Trinajstić information content (AvgIpc) is 2.85. The highest BCUT2D eigenvalue weighted by Gasteiger charge is 2.09. The van der Waals surface area contributed by atoms with Gasteiger partial charge >= 0.3 is 0 Å². The fraction of sp³-hybridized carbons (Fsp3) is 0.438. The molecule has 0 saturated carbocycles. The molecule has 0 saturated heterocycles. The van der Waals surface area contributed by atoms with E-state index in [1.165, 1.54) is 16.1 Å². The van der Waals surface area contributed by atoms with E-state index in [9.17, 15) is 0 Å². The monoisotopic (exact) mass is 290 g/mol. The third kappa shape index (κ3) is 4.05. The van der Waals surface area contributed by atoms with Crippen LogP contribution in [-0.2, 0) is 19.6 Å². The Morgan fingerprint density at radius 1 is 1.30 bits per heavy atom. The van der Waals surface area contributed by atoms with Crippen LogP contribution in [0.1, 0.15) is 35.0 Å². The molecule has 0 unspecified atom stereocenters. The van der Waals surface area contributed by atoms with Gasteiger partial charge in [-0.1, -0.05) is 26.0 Å². The van der Waals surface area contributed by atoms with Crippen molar-refractivity contribution in [3.63, 3.8) is 0 Å². The first-order valence-electron chi connectivity index (χ1n) is 7.10. The minimum absolute atomic E-state index is 0.549. The number of rotatable bonds is 7. The topological polar surface area (TPSA) is 34.1 Å². The van der Waals surface area contributed by atoms with Crippen LogP contribution in [-0.4, -0.2) is 11.5 Å². The molecule has 1 N–H and O–H groups in total. The normalized spacial score (nSPS) is 10.8. The highest BCUT2D eigenvalue weighted by atomic mass is 32.1. The predicted molar refractivity (Wildman–Crippen MR) is 84.4 cm³/mol. The Morgan fingerprint density at radius 3 is 2.85 bits per heavy atom. The van der Waals surface area contributed by atoms with Crippen molar-refractivity contribution in [2.45, 2.75) is 40.3 Å². The van der Waals surface area contributed by atoms with E-state index in [1.807, 2.05) is 18.2 Å². The third-order valence-corrected chi connectivity index (χ3v) is 4.12. The van der Waals surface area contributed by atoms with Crippen LogP contribution >= 0.6 is 11.3 Å². The van der Waals surface area contributed by atoms with Crippen LogP contribution in [0.25, 0.3) is 0 Å². The highest BCUT2D eigenvalue weighted by molar-refractivity contribution is 7.11. The first kappa shape index (κ1) is 15.0. The SMILES string of the molecule is CCNCc1sc(COc2cccc(C)c2)nc1CC. The molecule has 0 fully saturated rings. The molecule has 0 atom stereocenters. The fourth-order valence-corrected chi connectivity index (χ4v) is 3.04. The van der Waals surface area contributed by atoms with E-state index in [2.05, 4.69) is 37.1 Å². The lowest BCUT2D eigenvalue weighted by Gasteiger charge is -2.04. The molecular weight excluding hydrogens is 268 g/mol. The quantitative estimate of drug-likeness (QED) is 0.844. The number of hydrogen-bond acceptors (Lipinski definition) is 4. The van der Waals surface area contributed by atoms with Gasteiger partial charge in [0.2, 0.25) is 0 Å². The van der Waals surface area contributed by atoms with Gasteiger partial charge in [0.15, 0.2) is 0 Å². The van der Waals surface area contributed by atoms with Gasteiger partial charge in [0.05, 0.1) is 5.69 Å².